The highest BCUT2D eigenvalue weighted by Crippen LogP contribution is 2.33. The van der Waals surface area contributed by atoms with Crippen molar-refractivity contribution in [2.75, 3.05) is 45.2 Å². The molecule has 34 heavy (non-hydrogen) atoms. The van der Waals surface area contributed by atoms with Crippen molar-refractivity contribution in [2.24, 2.45) is 5.92 Å². The Labute approximate surface area is 206 Å². The number of aromatic nitrogens is 1. The molecule has 1 aromatic heterocycles. The zero-order valence-corrected chi connectivity index (χ0v) is 21.8. The minimum Gasteiger partial charge on any atom is -0.308 e. The molecule has 1 aliphatic rings. The van der Waals surface area contributed by atoms with E-state index < -0.39 is 10.0 Å². The van der Waals surface area contributed by atoms with Crippen LogP contribution in [0.25, 0.3) is 10.2 Å². The smallest absolute Gasteiger partial charge is 0.243 e. The van der Waals surface area contributed by atoms with Crippen molar-refractivity contribution >= 4 is 42.6 Å². The molecule has 3 aromatic rings. The number of carbonyl (C=O) groups is 1. The summed E-state index contributed by atoms with van der Waals surface area (Å²) in [6.07, 6.45) is 1.01. The molecule has 0 radical (unpaired) electrons. The molecule has 1 fully saturated rings. The van der Waals surface area contributed by atoms with Crippen LogP contribution in [0, 0.1) is 19.8 Å². The molecule has 0 atom stereocenters. The van der Waals surface area contributed by atoms with Gasteiger partial charge in [0.25, 0.3) is 0 Å². The van der Waals surface area contributed by atoms with Gasteiger partial charge in [0.05, 0.1) is 15.1 Å². The number of rotatable bonds is 7. The van der Waals surface area contributed by atoms with E-state index in [1.165, 1.54) is 15.6 Å². The number of nitrogens with zero attached hydrogens (tertiary/aromatic N) is 4. The van der Waals surface area contributed by atoms with E-state index in [0.717, 1.165) is 27.9 Å². The third-order valence-corrected chi connectivity index (χ3v) is 9.30. The van der Waals surface area contributed by atoms with Crippen LogP contribution in [-0.4, -0.2) is 68.8 Å². The molecule has 1 saturated heterocycles. The Balaban J connectivity index is 1.51. The summed E-state index contributed by atoms with van der Waals surface area (Å²) < 4.78 is 28.7. The highest BCUT2D eigenvalue weighted by atomic mass is 32.2. The van der Waals surface area contributed by atoms with E-state index in [9.17, 15) is 13.2 Å². The summed E-state index contributed by atoms with van der Waals surface area (Å²) in [6, 6.07) is 13.0. The first kappa shape index (κ1) is 24.8. The molecule has 0 aliphatic carbocycles. The first-order valence-electron chi connectivity index (χ1n) is 11.6. The van der Waals surface area contributed by atoms with Crippen molar-refractivity contribution in [1.29, 1.82) is 0 Å². The lowest BCUT2D eigenvalue weighted by Crippen LogP contribution is -2.46. The topological polar surface area (TPSA) is 73.8 Å². The van der Waals surface area contributed by atoms with Gasteiger partial charge < -0.3 is 4.90 Å². The molecule has 4 rings (SSSR count). The summed E-state index contributed by atoms with van der Waals surface area (Å²) in [6.45, 7) is 5.92. The van der Waals surface area contributed by atoms with E-state index >= 15 is 0 Å². The second-order valence-electron chi connectivity index (χ2n) is 9.20. The van der Waals surface area contributed by atoms with Gasteiger partial charge in [0.1, 0.15) is 0 Å². The van der Waals surface area contributed by atoms with E-state index in [-0.39, 0.29) is 11.8 Å². The number of benzene rings is 2. The molecule has 0 saturated carbocycles. The van der Waals surface area contributed by atoms with Crippen molar-refractivity contribution in [2.45, 2.75) is 31.6 Å². The normalized spacial score (nSPS) is 15.8. The van der Waals surface area contributed by atoms with Crippen LogP contribution >= 0.6 is 11.3 Å². The van der Waals surface area contributed by atoms with Crippen LogP contribution in [0.5, 0.6) is 0 Å². The van der Waals surface area contributed by atoms with E-state index in [1.54, 1.807) is 17.0 Å². The number of hydrogen-bond donors (Lipinski definition) is 0. The Morgan fingerprint density at radius 1 is 1.06 bits per heavy atom. The first-order chi connectivity index (χ1) is 16.2. The number of hydrogen-bond acceptors (Lipinski definition) is 6. The predicted octanol–water partition coefficient (Wildman–Crippen LogP) is 3.91. The Bertz CT molecular complexity index is 1260. The number of para-hydroxylation sites is 1. The SMILES string of the molecule is Cc1ccc(S(=O)(=O)N2CCC(C(=O)N(CCN(C)C)c3nc4c(C)cccc4s3)CC2)cc1. The second kappa shape index (κ2) is 10.1. The molecule has 1 aliphatic heterocycles. The van der Waals surface area contributed by atoms with Gasteiger partial charge in [0, 0.05) is 32.1 Å². The fourth-order valence-corrected chi connectivity index (χ4v) is 6.76. The molecule has 9 heteroatoms. The summed E-state index contributed by atoms with van der Waals surface area (Å²) in [5.74, 6) is -0.189. The van der Waals surface area contributed by atoms with E-state index in [0.29, 0.717) is 42.5 Å². The number of anilines is 1. The monoisotopic (exact) mass is 500 g/mol. The lowest BCUT2D eigenvalue weighted by Gasteiger charge is -2.33. The van der Waals surface area contributed by atoms with Crippen molar-refractivity contribution < 1.29 is 13.2 Å². The van der Waals surface area contributed by atoms with Crippen LogP contribution in [0.4, 0.5) is 5.13 Å². The molecule has 7 nitrogen and oxygen atoms in total. The summed E-state index contributed by atoms with van der Waals surface area (Å²) in [7, 11) is 0.419. The summed E-state index contributed by atoms with van der Waals surface area (Å²) in [4.78, 5) is 22.6. The molecule has 0 bridgehead atoms. The van der Waals surface area contributed by atoms with Gasteiger partial charge in [-0.25, -0.2) is 13.4 Å². The minimum atomic E-state index is -3.55. The molecule has 0 unspecified atom stereocenters. The predicted molar refractivity (Wildman–Crippen MR) is 138 cm³/mol. The third-order valence-electron chi connectivity index (χ3n) is 6.34. The maximum atomic E-state index is 13.6. The maximum Gasteiger partial charge on any atom is 0.243 e. The number of amides is 1. The zero-order chi connectivity index (χ0) is 24.5. The molecule has 1 amide bonds. The van der Waals surface area contributed by atoms with Crippen LogP contribution in [-0.2, 0) is 14.8 Å². The number of aryl methyl sites for hydroxylation is 2. The number of carbonyl (C=O) groups excluding carboxylic acids is 1. The number of thiazole rings is 1. The van der Waals surface area contributed by atoms with Gasteiger partial charge in [0.2, 0.25) is 15.9 Å². The lowest BCUT2D eigenvalue weighted by atomic mass is 9.96. The second-order valence-corrected chi connectivity index (χ2v) is 12.1. The van der Waals surface area contributed by atoms with Crippen molar-refractivity contribution in [3.8, 4) is 0 Å². The van der Waals surface area contributed by atoms with Crippen LogP contribution in [0.3, 0.4) is 0 Å². The molecule has 0 N–H and O–H groups in total. The van der Waals surface area contributed by atoms with Gasteiger partial charge in [0.15, 0.2) is 5.13 Å². The van der Waals surface area contributed by atoms with Gasteiger partial charge >= 0.3 is 0 Å². The van der Waals surface area contributed by atoms with Crippen LogP contribution in [0.15, 0.2) is 47.4 Å². The molecular weight excluding hydrogens is 468 g/mol. The van der Waals surface area contributed by atoms with Gasteiger partial charge in [-0.2, -0.15) is 4.31 Å². The standard InChI is InChI=1S/C25H32N4O3S2/c1-18-8-10-21(11-9-18)34(31,32)28-14-12-20(13-15-28)24(30)29(17-16-27(3)4)25-26-23-19(2)6-5-7-22(23)33-25/h5-11,20H,12-17H2,1-4H3. The quantitative estimate of drug-likeness (QED) is 0.492. The summed E-state index contributed by atoms with van der Waals surface area (Å²) in [5, 5.41) is 0.714. The first-order valence-corrected chi connectivity index (χ1v) is 13.8. The van der Waals surface area contributed by atoms with Crippen LogP contribution in [0.1, 0.15) is 24.0 Å². The van der Waals surface area contributed by atoms with Crippen molar-refractivity contribution in [1.82, 2.24) is 14.2 Å². The van der Waals surface area contributed by atoms with Crippen molar-refractivity contribution in [3.63, 3.8) is 0 Å². The van der Waals surface area contributed by atoms with Gasteiger partial charge in [-0.15, -0.1) is 0 Å². The Morgan fingerprint density at radius 2 is 1.74 bits per heavy atom. The minimum absolute atomic E-state index is 0.0333. The third kappa shape index (κ3) is 5.17. The lowest BCUT2D eigenvalue weighted by molar-refractivity contribution is -0.123. The maximum absolute atomic E-state index is 13.6. The Hall–Kier alpha value is -2.33. The van der Waals surface area contributed by atoms with E-state index in [2.05, 4.69) is 4.90 Å². The number of piperidine rings is 1. The fraction of sp³-hybridized carbons (Fsp3) is 0.440. The van der Waals surface area contributed by atoms with Crippen molar-refractivity contribution in [3.05, 3.63) is 53.6 Å². The summed E-state index contributed by atoms with van der Waals surface area (Å²) >= 11 is 1.54. The average Bonchev–Trinajstić information content (AvgIpc) is 3.24. The molecule has 2 heterocycles. The summed E-state index contributed by atoms with van der Waals surface area (Å²) in [5.41, 5.74) is 3.05. The van der Waals surface area contributed by atoms with Gasteiger partial charge in [-0.1, -0.05) is 41.2 Å². The Morgan fingerprint density at radius 3 is 2.35 bits per heavy atom. The van der Waals surface area contributed by atoms with Gasteiger partial charge in [-0.3, -0.25) is 9.69 Å². The highest BCUT2D eigenvalue weighted by Gasteiger charge is 2.35. The average molecular weight is 501 g/mol. The molecule has 0 spiro atoms. The number of sulfonamides is 1. The van der Waals surface area contributed by atoms with Crippen LogP contribution < -0.4 is 4.90 Å². The Kier molecular flexibility index (Phi) is 7.37. The fourth-order valence-electron chi connectivity index (χ4n) is 4.21. The number of fused-ring (bicyclic) bond motifs is 1. The largest absolute Gasteiger partial charge is 0.308 e. The number of likely N-dealkylation sites (N-methyl/N-ethyl adjacent to an activating group) is 1. The van der Waals surface area contributed by atoms with E-state index in [4.69, 9.17) is 4.98 Å². The highest BCUT2D eigenvalue weighted by molar-refractivity contribution is 7.89. The zero-order valence-electron chi connectivity index (χ0n) is 20.2. The van der Waals surface area contributed by atoms with Crippen LogP contribution in [0.2, 0.25) is 0 Å². The van der Waals surface area contributed by atoms with E-state index in [1.807, 2.05) is 58.3 Å². The molecule has 182 valence electrons. The van der Waals surface area contributed by atoms with Gasteiger partial charge in [-0.05, 0) is 64.5 Å². The molecule has 2 aromatic carbocycles. The molecular formula is C25H32N4O3S2.